The lowest BCUT2D eigenvalue weighted by atomic mass is 10.2. The van der Waals surface area contributed by atoms with Gasteiger partial charge in [-0.3, -0.25) is 0 Å². The van der Waals surface area contributed by atoms with Crippen molar-refractivity contribution in [3.05, 3.63) is 85.4 Å². The van der Waals surface area contributed by atoms with E-state index in [2.05, 4.69) is 44.9 Å². The Hall–Kier alpha value is -2.73. The third-order valence-corrected chi connectivity index (χ3v) is 5.69. The summed E-state index contributed by atoms with van der Waals surface area (Å²) in [4.78, 5) is 9.54. The second-order valence-corrected chi connectivity index (χ2v) is 7.89. The zero-order valence-electron chi connectivity index (χ0n) is 15.2. The Morgan fingerprint density at radius 1 is 1.00 bits per heavy atom. The van der Waals surface area contributed by atoms with Crippen molar-refractivity contribution in [1.82, 2.24) is 19.1 Å². The minimum atomic E-state index is 0.434. The van der Waals surface area contributed by atoms with Gasteiger partial charge >= 0.3 is 0 Å². The van der Waals surface area contributed by atoms with E-state index in [1.807, 2.05) is 60.6 Å². The third-order valence-electron chi connectivity index (χ3n) is 4.42. The van der Waals surface area contributed by atoms with Gasteiger partial charge in [-0.15, -0.1) is 11.8 Å². The summed E-state index contributed by atoms with van der Waals surface area (Å²) in [6, 6.07) is 12.7. The Morgan fingerprint density at radius 3 is 2.48 bits per heavy atom. The number of nitrogens with zero attached hydrogens (tertiary/aromatic N) is 4. The van der Waals surface area contributed by atoms with Gasteiger partial charge in [0, 0.05) is 53.6 Å². The van der Waals surface area contributed by atoms with Crippen LogP contribution in [0.4, 0.5) is 0 Å². The molecule has 0 radical (unpaired) electrons. The summed E-state index contributed by atoms with van der Waals surface area (Å²) < 4.78 is 9.89. The summed E-state index contributed by atoms with van der Waals surface area (Å²) in [5.74, 6) is 2.03. The number of imidazole rings is 2. The van der Waals surface area contributed by atoms with E-state index in [0.29, 0.717) is 5.25 Å². The van der Waals surface area contributed by atoms with E-state index in [-0.39, 0.29) is 0 Å². The third kappa shape index (κ3) is 4.71. The number of rotatable bonds is 8. The molecule has 138 valence electrons. The highest BCUT2D eigenvalue weighted by atomic mass is 32.2. The molecule has 27 heavy (non-hydrogen) atoms. The second-order valence-electron chi connectivity index (χ2n) is 6.51. The zero-order chi connectivity index (χ0) is 18.5. The Kier molecular flexibility index (Phi) is 5.44. The van der Waals surface area contributed by atoms with Crippen LogP contribution in [0.5, 0.6) is 0 Å². The summed E-state index contributed by atoms with van der Waals surface area (Å²) in [6.45, 7) is 2.91. The number of furan rings is 1. The highest BCUT2D eigenvalue weighted by Crippen LogP contribution is 2.29. The Labute approximate surface area is 163 Å². The minimum absolute atomic E-state index is 0.434. The monoisotopic (exact) mass is 378 g/mol. The van der Waals surface area contributed by atoms with Crippen molar-refractivity contribution in [1.29, 1.82) is 0 Å². The number of aryl methyl sites for hydroxylation is 2. The topological polar surface area (TPSA) is 48.8 Å². The molecule has 0 N–H and O–H groups in total. The predicted octanol–water partition coefficient (Wildman–Crippen LogP) is 4.76. The molecule has 0 saturated heterocycles. The van der Waals surface area contributed by atoms with E-state index in [1.165, 1.54) is 4.90 Å². The molecule has 3 heterocycles. The molecule has 4 aromatic rings. The van der Waals surface area contributed by atoms with Gasteiger partial charge in [0.25, 0.3) is 0 Å². The first-order valence-electron chi connectivity index (χ1n) is 9.02. The number of aromatic nitrogens is 4. The molecule has 1 unspecified atom stereocenters. The molecule has 1 aromatic carbocycles. The van der Waals surface area contributed by atoms with Gasteiger partial charge in [-0.25, -0.2) is 9.97 Å². The largest absolute Gasteiger partial charge is 0.466 e. The van der Waals surface area contributed by atoms with E-state index in [0.717, 1.165) is 36.6 Å². The Balaban J connectivity index is 1.44. The lowest BCUT2D eigenvalue weighted by Crippen LogP contribution is -2.13. The molecule has 3 aromatic heterocycles. The number of hydrogen-bond donors (Lipinski definition) is 0. The maximum Gasteiger partial charge on any atom is 0.104 e. The van der Waals surface area contributed by atoms with Gasteiger partial charge < -0.3 is 13.6 Å². The molecule has 5 nitrogen and oxygen atoms in total. The van der Waals surface area contributed by atoms with Crippen molar-refractivity contribution in [2.75, 3.05) is 0 Å². The van der Waals surface area contributed by atoms with Crippen molar-refractivity contribution in [3.8, 4) is 5.69 Å². The molecule has 0 fully saturated rings. The summed E-state index contributed by atoms with van der Waals surface area (Å²) in [6.07, 6.45) is 13.3. The summed E-state index contributed by atoms with van der Waals surface area (Å²) >= 11 is 1.90. The maximum absolute atomic E-state index is 5.74. The fourth-order valence-corrected chi connectivity index (χ4v) is 4.20. The van der Waals surface area contributed by atoms with Crippen LogP contribution in [-0.2, 0) is 13.0 Å². The summed E-state index contributed by atoms with van der Waals surface area (Å²) in [5.41, 5.74) is 1.12. The van der Waals surface area contributed by atoms with Crippen molar-refractivity contribution in [3.63, 3.8) is 0 Å². The smallest absolute Gasteiger partial charge is 0.104 e. The van der Waals surface area contributed by atoms with Gasteiger partial charge in [0.2, 0.25) is 0 Å². The predicted molar refractivity (Wildman–Crippen MR) is 107 cm³/mol. The van der Waals surface area contributed by atoms with Gasteiger partial charge in [-0.1, -0.05) is 0 Å². The van der Waals surface area contributed by atoms with Gasteiger partial charge in [-0.2, -0.15) is 0 Å². The van der Waals surface area contributed by atoms with Crippen molar-refractivity contribution >= 4 is 11.8 Å². The SMILES string of the molecule is Cc1ccc(CCC(Cn2ccnc2)Sc2ccc(-n3ccnc3)cc2)o1. The number of hydrogen-bond acceptors (Lipinski definition) is 4. The fraction of sp³-hybridized carbons (Fsp3) is 0.238. The zero-order valence-corrected chi connectivity index (χ0v) is 16.0. The van der Waals surface area contributed by atoms with Crippen LogP contribution in [0, 0.1) is 6.92 Å². The Bertz CT molecular complexity index is 943. The van der Waals surface area contributed by atoms with Gasteiger partial charge in [0.05, 0.1) is 12.7 Å². The van der Waals surface area contributed by atoms with Crippen LogP contribution >= 0.6 is 11.8 Å². The molecule has 0 aliphatic carbocycles. The molecular weight excluding hydrogens is 356 g/mol. The standard InChI is InChI=1S/C21H22N4OS/c1-17-2-5-19(26-17)6-9-21(14-24-12-10-22-15-24)27-20-7-3-18(4-8-20)25-13-11-23-16-25/h2-5,7-8,10-13,15-16,21H,6,9,14H2,1H3. The Morgan fingerprint density at radius 2 is 1.81 bits per heavy atom. The van der Waals surface area contributed by atoms with Crippen LogP contribution in [0.25, 0.3) is 5.69 Å². The molecule has 0 aliphatic heterocycles. The van der Waals surface area contributed by atoms with E-state index in [4.69, 9.17) is 4.42 Å². The molecular formula is C21H22N4OS. The summed E-state index contributed by atoms with van der Waals surface area (Å²) in [5, 5.41) is 0.434. The van der Waals surface area contributed by atoms with Crippen LogP contribution < -0.4 is 0 Å². The first kappa shape index (κ1) is 17.7. The first-order chi connectivity index (χ1) is 13.3. The van der Waals surface area contributed by atoms with Crippen LogP contribution in [-0.4, -0.2) is 24.4 Å². The molecule has 0 saturated carbocycles. The van der Waals surface area contributed by atoms with Gasteiger partial charge in [0.15, 0.2) is 0 Å². The molecule has 0 bridgehead atoms. The van der Waals surface area contributed by atoms with Crippen molar-refractivity contribution in [2.24, 2.45) is 0 Å². The summed E-state index contributed by atoms with van der Waals surface area (Å²) in [7, 11) is 0. The lowest BCUT2D eigenvalue weighted by molar-refractivity contribution is 0.471. The molecule has 0 aliphatic rings. The van der Waals surface area contributed by atoms with Crippen LogP contribution in [0.15, 0.2) is 83.2 Å². The lowest BCUT2D eigenvalue weighted by Gasteiger charge is -2.17. The van der Waals surface area contributed by atoms with Crippen LogP contribution in [0.2, 0.25) is 0 Å². The van der Waals surface area contributed by atoms with Crippen molar-refractivity contribution < 1.29 is 4.42 Å². The average molecular weight is 379 g/mol. The number of thioether (sulfide) groups is 1. The van der Waals surface area contributed by atoms with E-state index >= 15 is 0 Å². The maximum atomic E-state index is 5.74. The average Bonchev–Trinajstić information content (AvgIpc) is 3.44. The quantitative estimate of drug-likeness (QED) is 0.415. The van der Waals surface area contributed by atoms with Crippen molar-refractivity contribution in [2.45, 2.75) is 36.5 Å². The second kappa shape index (κ2) is 8.31. The van der Waals surface area contributed by atoms with E-state index in [1.54, 1.807) is 6.20 Å². The molecule has 4 rings (SSSR count). The van der Waals surface area contributed by atoms with E-state index < -0.39 is 0 Å². The first-order valence-corrected chi connectivity index (χ1v) is 9.90. The highest BCUT2D eigenvalue weighted by molar-refractivity contribution is 8.00. The van der Waals surface area contributed by atoms with Gasteiger partial charge in [0.1, 0.15) is 11.5 Å². The normalized spacial score (nSPS) is 12.3. The van der Waals surface area contributed by atoms with Gasteiger partial charge in [-0.05, 0) is 49.7 Å². The van der Waals surface area contributed by atoms with Crippen LogP contribution in [0.3, 0.4) is 0 Å². The van der Waals surface area contributed by atoms with Crippen LogP contribution in [0.1, 0.15) is 17.9 Å². The molecule has 6 heteroatoms. The molecule has 0 spiro atoms. The fourth-order valence-electron chi connectivity index (χ4n) is 3.04. The number of benzene rings is 1. The molecule has 0 amide bonds. The minimum Gasteiger partial charge on any atom is -0.466 e. The molecule has 1 atom stereocenters. The van der Waals surface area contributed by atoms with E-state index in [9.17, 15) is 0 Å². The highest BCUT2D eigenvalue weighted by Gasteiger charge is 2.13.